The van der Waals surface area contributed by atoms with Crippen LogP contribution in [0.1, 0.15) is 31.9 Å². The third-order valence-corrected chi connectivity index (χ3v) is 3.55. The van der Waals surface area contributed by atoms with Gasteiger partial charge in [0.15, 0.2) is 11.5 Å². The number of para-hydroxylation sites is 1. The minimum absolute atomic E-state index is 0.208. The van der Waals surface area contributed by atoms with Gasteiger partial charge in [-0.2, -0.15) is 0 Å². The van der Waals surface area contributed by atoms with Crippen molar-refractivity contribution in [2.24, 2.45) is 0 Å². The average Bonchev–Trinajstić information content (AvgIpc) is 2.74. The van der Waals surface area contributed by atoms with Crippen molar-refractivity contribution in [2.75, 3.05) is 5.73 Å². The van der Waals surface area contributed by atoms with E-state index in [0.717, 1.165) is 23.3 Å². The lowest BCUT2D eigenvalue weighted by atomic mass is 10.0. The number of rotatable bonds is 3. The van der Waals surface area contributed by atoms with E-state index >= 15 is 0 Å². The highest BCUT2D eigenvalue weighted by Gasteiger charge is 2.32. The summed E-state index contributed by atoms with van der Waals surface area (Å²) in [7, 11) is 0. The van der Waals surface area contributed by atoms with Gasteiger partial charge in [0.2, 0.25) is 5.88 Å². The largest absolute Gasteiger partial charge is 0.483 e. The van der Waals surface area contributed by atoms with Crippen molar-refractivity contribution in [1.29, 1.82) is 0 Å². The maximum Gasteiger partial charge on any atom is 0.227 e. The van der Waals surface area contributed by atoms with Crippen LogP contribution in [-0.4, -0.2) is 15.6 Å². The zero-order chi connectivity index (χ0) is 15.0. The first kappa shape index (κ1) is 13.7. The zero-order valence-corrected chi connectivity index (χ0v) is 12.5. The van der Waals surface area contributed by atoms with Crippen LogP contribution in [0.25, 0.3) is 0 Å². The van der Waals surface area contributed by atoms with Gasteiger partial charge in [-0.05, 0) is 26.3 Å². The number of nitrogens with two attached hydrogens (primary N) is 1. The number of aromatic nitrogens is 2. The van der Waals surface area contributed by atoms with Crippen molar-refractivity contribution in [2.45, 2.75) is 39.2 Å². The van der Waals surface area contributed by atoms with E-state index in [-0.39, 0.29) is 5.60 Å². The van der Waals surface area contributed by atoms with E-state index in [4.69, 9.17) is 15.2 Å². The first-order valence-electron chi connectivity index (χ1n) is 7.08. The van der Waals surface area contributed by atoms with Gasteiger partial charge in [-0.25, -0.2) is 9.97 Å². The standard InChI is InChI=1S/C16H19N3O2/c1-4-11-14(17)18-9-19-15(11)20-12-7-5-6-10-8-16(2,3)21-13(10)12/h5-7,9H,4,8H2,1-3H3,(H2,17,18,19). The summed E-state index contributed by atoms with van der Waals surface area (Å²) >= 11 is 0. The normalized spacial score (nSPS) is 15.4. The molecule has 5 nitrogen and oxygen atoms in total. The predicted molar refractivity (Wildman–Crippen MR) is 80.7 cm³/mol. The number of nitrogen functional groups attached to an aromatic ring is 1. The monoisotopic (exact) mass is 285 g/mol. The Bertz CT molecular complexity index is 683. The number of anilines is 1. The fraction of sp³-hybridized carbons (Fsp3) is 0.375. The van der Waals surface area contributed by atoms with E-state index in [2.05, 4.69) is 29.9 Å². The molecule has 0 saturated heterocycles. The van der Waals surface area contributed by atoms with Crippen LogP contribution in [0.2, 0.25) is 0 Å². The van der Waals surface area contributed by atoms with Crippen molar-refractivity contribution in [3.8, 4) is 17.4 Å². The average molecular weight is 285 g/mol. The van der Waals surface area contributed by atoms with Crippen molar-refractivity contribution in [3.05, 3.63) is 35.7 Å². The van der Waals surface area contributed by atoms with Crippen LogP contribution in [-0.2, 0) is 12.8 Å². The second kappa shape index (κ2) is 4.91. The number of fused-ring (bicyclic) bond motifs is 1. The number of hydrogen-bond acceptors (Lipinski definition) is 5. The molecule has 1 aliphatic heterocycles. The molecular weight excluding hydrogens is 266 g/mol. The van der Waals surface area contributed by atoms with E-state index in [1.165, 1.54) is 6.33 Å². The van der Waals surface area contributed by atoms with Gasteiger partial charge in [-0.1, -0.05) is 19.1 Å². The van der Waals surface area contributed by atoms with Gasteiger partial charge in [-0.15, -0.1) is 0 Å². The highest BCUT2D eigenvalue weighted by Crippen LogP contribution is 2.43. The highest BCUT2D eigenvalue weighted by atomic mass is 16.5. The summed E-state index contributed by atoms with van der Waals surface area (Å²) in [5.74, 6) is 2.41. The van der Waals surface area contributed by atoms with Gasteiger partial charge >= 0.3 is 0 Å². The van der Waals surface area contributed by atoms with Gasteiger partial charge in [-0.3, -0.25) is 0 Å². The summed E-state index contributed by atoms with van der Waals surface area (Å²) in [5.41, 5.74) is 7.63. The molecule has 0 spiro atoms. The van der Waals surface area contributed by atoms with E-state index in [9.17, 15) is 0 Å². The molecule has 3 rings (SSSR count). The molecule has 0 saturated carbocycles. The first-order chi connectivity index (χ1) is 10.00. The van der Waals surface area contributed by atoms with Crippen LogP contribution < -0.4 is 15.2 Å². The lowest BCUT2D eigenvalue weighted by Gasteiger charge is -2.18. The Morgan fingerprint density at radius 1 is 1.33 bits per heavy atom. The molecule has 1 aromatic heterocycles. The van der Waals surface area contributed by atoms with Crippen molar-refractivity contribution < 1.29 is 9.47 Å². The number of ether oxygens (including phenoxy) is 2. The molecule has 0 unspecified atom stereocenters. The minimum Gasteiger partial charge on any atom is -0.483 e. The van der Waals surface area contributed by atoms with Crippen LogP contribution in [0.4, 0.5) is 5.82 Å². The lowest BCUT2D eigenvalue weighted by molar-refractivity contribution is 0.135. The third-order valence-electron chi connectivity index (χ3n) is 3.55. The topological polar surface area (TPSA) is 70.3 Å². The van der Waals surface area contributed by atoms with Gasteiger partial charge in [0, 0.05) is 12.0 Å². The molecule has 5 heteroatoms. The minimum atomic E-state index is -0.208. The molecule has 2 N–H and O–H groups in total. The van der Waals surface area contributed by atoms with Gasteiger partial charge in [0.05, 0.1) is 5.56 Å². The van der Waals surface area contributed by atoms with E-state index < -0.39 is 0 Å². The smallest absolute Gasteiger partial charge is 0.227 e. The molecular formula is C16H19N3O2. The van der Waals surface area contributed by atoms with Gasteiger partial charge < -0.3 is 15.2 Å². The number of nitrogens with zero attached hydrogens (tertiary/aromatic N) is 2. The van der Waals surface area contributed by atoms with Crippen LogP contribution in [0, 0.1) is 0 Å². The Hall–Kier alpha value is -2.30. The molecule has 1 aromatic carbocycles. The number of hydrogen-bond donors (Lipinski definition) is 1. The lowest BCUT2D eigenvalue weighted by Crippen LogP contribution is -2.24. The van der Waals surface area contributed by atoms with E-state index in [0.29, 0.717) is 23.9 Å². The summed E-state index contributed by atoms with van der Waals surface area (Å²) in [4.78, 5) is 8.20. The molecule has 2 heterocycles. The van der Waals surface area contributed by atoms with Crippen molar-refractivity contribution in [1.82, 2.24) is 9.97 Å². The second-order valence-corrected chi connectivity index (χ2v) is 5.78. The number of benzene rings is 1. The van der Waals surface area contributed by atoms with Gasteiger partial charge in [0.25, 0.3) is 0 Å². The summed E-state index contributed by atoms with van der Waals surface area (Å²) in [6.45, 7) is 6.13. The molecule has 0 atom stereocenters. The summed E-state index contributed by atoms with van der Waals surface area (Å²) < 4.78 is 12.0. The molecule has 21 heavy (non-hydrogen) atoms. The van der Waals surface area contributed by atoms with Crippen LogP contribution in [0.15, 0.2) is 24.5 Å². The summed E-state index contributed by atoms with van der Waals surface area (Å²) in [5, 5.41) is 0. The maximum atomic E-state index is 6.00. The molecule has 0 bridgehead atoms. The molecule has 0 aliphatic carbocycles. The molecule has 0 amide bonds. The Kier molecular flexibility index (Phi) is 3.20. The SMILES string of the molecule is CCc1c(N)ncnc1Oc1cccc2c1OC(C)(C)C2. The van der Waals surface area contributed by atoms with Crippen molar-refractivity contribution >= 4 is 5.82 Å². The Labute approximate surface area is 124 Å². The Morgan fingerprint density at radius 2 is 2.14 bits per heavy atom. The van der Waals surface area contributed by atoms with E-state index in [1.807, 2.05) is 19.1 Å². The zero-order valence-electron chi connectivity index (χ0n) is 12.5. The molecule has 2 aromatic rings. The predicted octanol–water partition coefficient (Wildman–Crippen LogP) is 3.13. The Balaban J connectivity index is 1.98. The molecule has 1 aliphatic rings. The van der Waals surface area contributed by atoms with Crippen molar-refractivity contribution in [3.63, 3.8) is 0 Å². The first-order valence-corrected chi connectivity index (χ1v) is 7.08. The van der Waals surface area contributed by atoms with Crippen LogP contribution >= 0.6 is 0 Å². The highest BCUT2D eigenvalue weighted by molar-refractivity contribution is 5.53. The molecule has 110 valence electrons. The maximum absolute atomic E-state index is 6.00. The van der Waals surface area contributed by atoms with E-state index in [1.54, 1.807) is 0 Å². The summed E-state index contributed by atoms with van der Waals surface area (Å²) in [6.07, 6.45) is 2.99. The quantitative estimate of drug-likeness (QED) is 0.938. The molecule has 0 fully saturated rings. The van der Waals surface area contributed by atoms with Gasteiger partial charge in [0.1, 0.15) is 17.7 Å². The second-order valence-electron chi connectivity index (χ2n) is 5.78. The van der Waals surface area contributed by atoms with Crippen LogP contribution in [0.5, 0.6) is 17.4 Å². The fourth-order valence-corrected chi connectivity index (χ4v) is 2.60. The van der Waals surface area contributed by atoms with Crippen LogP contribution in [0.3, 0.4) is 0 Å². The third kappa shape index (κ3) is 2.51. The Morgan fingerprint density at radius 3 is 2.90 bits per heavy atom. The fourth-order valence-electron chi connectivity index (χ4n) is 2.60. The molecule has 0 radical (unpaired) electrons. The summed E-state index contributed by atoms with van der Waals surface area (Å²) in [6, 6.07) is 5.92.